The normalized spacial score (nSPS) is 9.46. The number of nitrogens with one attached hydrogen (secondary N) is 1. The predicted molar refractivity (Wildman–Crippen MR) is 52.3 cm³/mol. The third-order valence-corrected chi connectivity index (χ3v) is 1.04. The molecule has 0 heterocycles. The SMILES string of the molecule is C[N+](C)(C)CCONC(N)=O.O.[KH]. The van der Waals surface area contributed by atoms with Gasteiger partial charge < -0.3 is 15.7 Å². The van der Waals surface area contributed by atoms with Gasteiger partial charge in [-0.2, -0.15) is 0 Å². The van der Waals surface area contributed by atoms with Crippen LogP contribution < -0.4 is 11.2 Å². The van der Waals surface area contributed by atoms with Crippen molar-refractivity contribution in [3.63, 3.8) is 0 Å². The van der Waals surface area contributed by atoms with Crippen molar-refractivity contribution in [2.45, 2.75) is 0 Å². The molecular formula is C6H19KN3O3+. The van der Waals surface area contributed by atoms with Gasteiger partial charge in [-0.15, -0.1) is 0 Å². The van der Waals surface area contributed by atoms with E-state index >= 15 is 0 Å². The van der Waals surface area contributed by atoms with Crippen LogP contribution in [0, 0.1) is 0 Å². The Hall–Kier alpha value is 0.786. The topological polar surface area (TPSA) is 95.8 Å². The molecule has 0 aliphatic heterocycles. The van der Waals surface area contributed by atoms with E-state index in [0.717, 1.165) is 11.0 Å². The maximum atomic E-state index is 10.1. The second-order valence-corrected chi connectivity index (χ2v) is 3.33. The number of nitrogens with two attached hydrogens (primary N) is 1. The summed E-state index contributed by atoms with van der Waals surface area (Å²) in [7, 11) is 6.11. The summed E-state index contributed by atoms with van der Waals surface area (Å²) in [5.41, 5.74) is 6.81. The van der Waals surface area contributed by atoms with Crippen molar-refractivity contribution in [2.75, 3.05) is 34.3 Å². The van der Waals surface area contributed by atoms with Crippen molar-refractivity contribution in [2.24, 2.45) is 5.73 Å². The van der Waals surface area contributed by atoms with Gasteiger partial charge in [0.25, 0.3) is 0 Å². The van der Waals surface area contributed by atoms with Gasteiger partial charge in [0.1, 0.15) is 13.2 Å². The first kappa shape index (κ1) is 19.4. The number of hydrogen-bond acceptors (Lipinski definition) is 2. The molecule has 0 aromatic carbocycles. The summed E-state index contributed by atoms with van der Waals surface area (Å²) in [6.07, 6.45) is 0. The van der Waals surface area contributed by atoms with Gasteiger partial charge >= 0.3 is 57.4 Å². The van der Waals surface area contributed by atoms with Crippen LogP contribution in [0.5, 0.6) is 0 Å². The Morgan fingerprint density at radius 2 is 1.92 bits per heavy atom. The van der Waals surface area contributed by atoms with E-state index in [1.54, 1.807) is 0 Å². The molecule has 0 spiro atoms. The summed E-state index contributed by atoms with van der Waals surface area (Å²) in [5.74, 6) is 0. The van der Waals surface area contributed by atoms with Crippen LogP contribution in [0.4, 0.5) is 4.79 Å². The molecular weight excluding hydrogens is 201 g/mol. The number of carbonyl (C=O) groups excluding carboxylic acids is 1. The molecule has 0 unspecified atom stereocenters. The summed E-state index contributed by atoms with van der Waals surface area (Å²) < 4.78 is 0.792. The van der Waals surface area contributed by atoms with Crippen molar-refractivity contribution in [1.29, 1.82) is 0 Å². The molecule has 7 heteroatoms. The van der Waals surface area contributed by atoms with Gasteiger partial charge in [-0.1, -0.05) is 0 Å². The van der Waals surface area contributed by atoms with E-state index in [1.165, 1.54) is 0 Å². The number of nitrogens with zero attached hydrogens (tertiary/aromatic N) is 1. The zero-order chi connectivity index (χ0) is 8.91. The molecule has 13 heavy (non-hydrogen) atoms. The Morgan fingerprint density at radius 1 is 1.46 bits per heavy atom. The fraction of sp³-hybridized carbons (Fsp3) is 0.833. The van der Waals surface area contributed by atoms with Crippen molar-refractivity contribution in [3.05, 3.63) is 0 Å². The zero-order valence-electron chi connectivity index (χ0n) is 7.76. The standard InChI is InChI=1S/C6H15N3O2.K.H2O.H/c1-9(2,3)4-5-11-8-6(7)10;;;/h4-5H2,1-3H3,(H2-,7,8,10);;1H2;/p+1. The number of primary amides is 1. The Labute approximate surface area is 121 Å². The van der Waals surface area contributed by atoms with E-state index in [4.69, 9.17) is 10.6 Å². The fourth-order valence-electron chi connectivity index (χ4n) is 0.442. The predicted octanol–water partition coefficient (Wildman–Crippen LogP) is -2.18. The van der Waals surface area contributed by atoms with Gasteiger partial charge in [0.15, 0.2) is 0 Å². The van der Waals surface area contributed by atoms with Gasteiger partial charge in [0.05, 0.1) is 21.1 Å². The van der Waals surface area contributed by atoms with Gasteiger partial charge in [-0.05, 0) is 0 Å². The first-order valence-corrected chi connectivity index (χ1v) is 3.39. The Balaban J connectivity index is -0.000000500. The molecule has 0 saturated heterocycles. The van der Waals surface area contributed by atoms with Gasteiger partial charge in [-0.25, -0.2) is 10.3 Å². The quantitative estimate of drug-likeness (QED) is 0.244. The van der Waals surface area contributed by atoms with Crippen LogP contribution in [0.2, 0.25) is 0 Å². The van der Waals surface area contributed by atoms with E-state index in [1.807, 2.05) is 26.6 Å². The van der Waals surface area contributed by atoms with E-state index in [0.29, 0.717) is 6.61 Å². The first-order valence-electron chi connectivity index (χ1n) is 3.39. The van der Waals surface area contributed by atoms with Gasteiger partial charge in [-0.3, -0.25) is 4.84 Å². The third kappa shape index (κ3) is 19.3. The summed E-state index contributed by atoms with van der Waals surface area (Å²) in [5, 5.41) is 0. The first-order chi connectivity index (χ1) is 4.92. The molecule has 0 saturated carbocycles. The van der Waals surface area contributed by atoms with E-state index in [-0.39, 0.29) is 56.9 Å². The molecule has 0 fully saturated rings. The van der Waals surface area contributed by atoms with E-state index < -0.39 is 6.03 Å². The molecule has 0 rings (SSSR count). The third-order valence-electron chi connectivity index (χ3n) is 1.04. The van der Waals surface area contributed by atoms with Crippen molar-refractivity contribution in [3.8, 4) is 0 Å². The van der Waals surface area contributed by atoms with E-state index in [9.17, 15) is 4.79 Å². The second kappa shape index (κ2) is 9.35. The molecule has 0 aromatic heterocycles. The zero-order valence-corrected chi connectivity index (χ0v) is 7.76. The number of urea groups is 1. The van der Waals surface area contributed by atoms with Crippen molar-refractivity contribution in [1.82, 2.24) is 5.48 Å². The van der Waals surface area contributed by atoms with Gasteiger partial charge in [0.2, 0.25) is 0 Å². The van der Waals surface area contributed by atoms with Gasteiger partial charge in [0, 0.05) is 0 Å². The molecule has 0 aromatic rings. The van der Waals surface area contributed by atoms with Crippen LogP contribution in [-0.4, -0.2) is 102 Å². The molecule has 0 atom stereocenters. The fourth-order valence-corrected chi connectivity index (χ4v) is 0.442. The molecule has 76 valence electrons. The van der Waals surface area contributed by atoms with Crippen LogP contribution in [0.15, 0.2) is 0 Å². The summed E-state index contributed by atoms with van der Waals surface area (Å²) in [4.78, 5) is 14.8. The molecule has 0 aliphatic rings. The van der Waals surface area contributed by atoms with Crippen LogP contribution in [0.1, 0.15) is 0 Å². The number of amides is 2. The van der Waals surface area contributed by atoms with E-state index in [2.05, 4.69) is 0 Å². The molecule has 0 bridgehead atoms. The minimum absolute atomic E-state index is 0. The number of quaternary nitrogens is 1. The summed E-state index contributed by atoms with van der Waals surface area (Å²) in [6, 6.07) is -0.661. The molecule has 5 N–H and O–H groups in total. The average Bonchev–Trinajstić information content (AvgIpc) is 1.78. The van der Waals surface area contributed by atoms with Crippen LogP contribution in [0.3, 0.4) is 0 Å². The summed E-state index contributed by atoms with van der Waals surface area (Å²) in [6.45, 7) is 1.28. The Morgan fingerprint density at radius 3 is 2.23 bits per heavy atom. The number of hydroxylamine groups is 1. The summed E-state index contributed by atoms with van der Waals surface area (Å²) >= 11 is 0. The van der Waals surface area contributed by atoms with Crippen LogP contribution in [0.25, 0.3) is 0 Å². The number of carbonyl (C=O) groups is 1. The number of likely N-dealkylation sites (N-methyl/N-ethyl adjacent to an activating group) is 1. The average molecular weight is 220 g/mol. The monoisotopic (exact) mass is 220 g/mol. The molecule has 0 radical (unpaired) electrons. The molecule has 6 nitrogen and oxygen atoms in total. The second-order valence-electron chi connectivity index (χ2n) is 3.33. The number of rotatable bonds is 4. The van der Waals surface area contributed by atoms with Crippen molar-refractivity contribution < 1.29 is 19.6 Å². The molecule has 2 amide bonds. The van der Waals surface area contributed by atoms with Crippen LogP contribution in [-0.2, 0) is 4.84 Å². The number of hydrogen-bond donors (Lipinski definition) is 2. The Kier molecular flexibility index (Phi) is 13.9. The minimum atomic E-state index is -0.661. The molecule has 0 aliphatic carbocycles. The van der Waals surface area contributed by atoms with Crippen LogP contribution >= 0.6 is 0 Å². The Bertz CT molecular complexity index is 138. The van der Waals surface area contributed by atoms with Crippen molar-refractivity contribution >= 4 is 57.4 Å². The maximum absolute atomic E-state index is 10.1.